The highest BCUT2D eigenvalue weighted by molar-refractivity contribution is 7.17. The zero-order chi connectivity index (χ0) is 11.7. The summed E-state index contributed by atoms with van der Waals surface area (Å²) in [7, 11) is 0. The highest BCUT2D eigenvalue weighted by Gasteiger charge is 2.41. The molecule has 0 saturated heterocycles. The topological polar surface area (TPSA) is 12.0 Å². The van der Waals surface area contributed by atoms with Crippen molar-refractivity contribution >= 4 is 33.0 Å². The third-order valence-electron chi connectivity index (χ3n) is 3.62. The van der Waals surface area contributed by atoms with Gasteiger partial charge in [-0.2, -0.15) is 0 Å². The van der Waals surface area contributed by atoms with Crippen molar-refractivity contribution < 1.29 is 0 Å². The summed E-state index contributed by atoms with van der Waals surface area (Å²) in [6.45, 7) is 2.02. The first-order chi connectivity index (χ1) is 8.33. The molecule has 1 aliphatic carbocycles. The summed E-state index contributed by atoms with van der Waals surface area (Å²) in [6, 6.07) is 8.60. The van der Waals surface area contributed by atoms with Crippen LogP contribution in [0.25, 0.3) is 10.1 Å². The predicted octanol–water partition coefficient (Wildman–Crippen LogP) is 4.01. The van der Waals surface area contributed by atoms with Gasteiger partial charge < -0.3 is 5.32 Å². The van der Waals surface area contributed by atoms with Crippen molar-refractivity contribution in [3.63, 3.8) is 0 Å². The molecule has 1 nitrogen and oxygen atoms in total. The molecule has 1 saturated carbocycles. The number of hydrogen-bond acceptors (Lipinski definition) is 2. The Morgan fingerprint density at radius 3 is 2.88 bits per heavy atom. The number of benzene rings is 1. The van der Waals surface area contributed by atoms with Crippen LogP contribution in [0.1, 0.15) is 18.4 Å². The van der Waals surface area contributed by atoms with Gasteiger partial charge in [0.15, 0.2) is 0 Å². The average molecular weight is 266 g/mol. The van der Waals surface area contributed by atoms with Gasteiger partial charge in [0.1, 0.15) is 0 Å². The fourth-order valence-corrected chi connectivity index (χ4v) is 3.49. The van der Waals surface area contributed by atoms with Gasteiger partial charge >= 0.3 is 0 Å². The van der Waals surface area contributed by atoms with Crippen molar-refractivity contribution in [3.05, 3.63) is 35.2 Å². The molecule has 0 spiro atoms. The maximum atomic E-state index is 5.97. The van der Waals surface area contributed by atoms with E-state index in [1.54, 1.807) is 0 Å². The van der Waals surface area contributed by atoms with Crippen molar-refractivity contribution in [3.8, 4) is 0 Å². The van der Waals surface area contributed by atoms with E-state index >= 15 is 0 Å². The smallest absolute Gasteiger partial charge is 0.0346 e. The Morgan fingerprint density at radius 1 is 1.29 bits per heavy atom. The minimum absolute atomic E-state index is 0.410. The molecule has 90 valence electrons. The lowest BCUT2D eigenvalue weighted by molar-refractivity contribution is 0.506. The van der Waals surface area contributed by atoms with E-state index in [9.17, 15) is 0 Å². The number of halogens is 1. The summed E-state index contributed by atoms with van der Waals surface area (Å²) in [4.78, 5) is 0. The van der Waals surface area contributed by atoms with E-state index in [0.29, 0.717) is 5.41 Å². The summed E-state index contributed by atoms with van der Waals surface area (Å²) in [5.41, 5.74) is 1.82. The number of nitrogens with one attached hydrogen (secondary N) is 1. The SMILES string of the molecule is ClCC1(CNCc2csc3ccccc23)CC1. The number of fused-ring (bicyclic) bond motifs is 1. The highest BCUT2D eigenvalue weighted by Crippen LogP contribution is 2.45. The summed E-state index contributed by atoms with van der Waals surface area (Å²) < 4.78 is 1.38. The minimum atomic E-state index is 0.410. The van der Waals surface area contributed by atoms with Crippen LogP contribution in [0.3, 0.4) is 0 Å². The van der Waals surface area contributed by atoms with Gasteiger partial charge in [0, 0.05) is 23.7 Å². The molecule has 0 radical (unpaired) electrons. The van der Waals surface area contributed by atoms with Gasteiger partial charge in [0.05, 0.1) is 0 Å². The molecule has 1 aromatic heterocycles. The Hall–Kier alpha value is -0.570. The number of rotatable bonds is 5. The Kier molecular flexibility index (Phi) is 3.12. The molecule has 3 rings (SSSR count). The van der Waals surface area contributed by atoms with Gasteiger partial charge in [-0.25, -0.2) is 0 Å². The number of hydrogen-bond donors (Lipinski definition) is 1. The Bertz CT molecular complexity index is 516. The zero-order valence-electron chi connectivity index (χ0n) is 9.71. The molecule has 3 heteroatoms. The van der Waals surface area contributed by atoms with Gasteiger partial charge in [-0.1, -0.05) is 18.2 Å². The van der Waals surface area contributed by atoms with Crippen LogP contribution in [0.4, 0.5) is 0 Å². The molecule has 2 aromatic rings. The molecule has 0 aliphatic heterocycles. The Labute approximate surface area is 111 Å². The van der Waals surface area contributed by atoms with Gasteiger partial charge in [-0.3, -0.25) is 0 Å². The van der Waals surface area contributed by atoms with Crippen molar-refractivity contribution in [1.29, 1.82) is 0 Å². The molecule has 0 unspecified atom stereocenters. The van der Waals surface area contributed by atoms with Crippen molar-refractivity contribution in [2.24, 2.45) is 5.41 Å². The van der Waals surface area contributed by atoms with Gasteiger partial charge in [-0.15, -0.1) is 22.9 Å². The van der Waals surface area contributed by atoms with Gasteiger partial charge in [0.25, 0.3) is 0 Å². The normalized spacial score (nSPS) is 17.5. The Morgan fingerprint density at radius 2 is 2.12 bits per heavy atom. The molecule has 1 fully saturated rings. The molecule has 0 amide bonds. The van der Waals surface area contributed by atoms with E-state index in [2.05, 4.69) is 35.0 Å². The average Bonchev–Trinajstić information content (AvgIpc) is 3.04. The molecular weight excluding hydrogens is 250 g/mol. The highest BCUT2D eigenvalue weighted by atomic mass is 35.5. The van der Waals surface area contributed by atoms with Crippen molar-refractivity contribution in [2.45, 2.75) is 19.4 Å². The molecule has 1 aromatic carbocycles. The first-order valence-corrected chi connectivity index (χ1v) is 7.46. The first kappa shape index (κ1) is 11.5. The second-order valence-corrected chi connectivity index (χ2v) is 6.17. The molecule has 0 bridgehead atoms. The monoisotopic (exact) mass is 265 g/mol. The number of thiophene rings is 1. The third-order valence-corrected chi connectivity index (χ3v) is 5.20. The first-order valence-electron chi connectivity index (χ1n) is 6.05. The summed E-state index contributed by atoms with van der Waals surface area (Å²) >= 11 is 7.80. The predicted molar refractivity (Wildman–Crippen MR) is 75.9 cm³/mol. The molecule has 17 heavy (non-hydrogen) atoms. The van der Waals surface area contributed by atoms with Gasteiger partial charge in [-0.05, 0) is 40.7 Å². The lowest BCUT2D eigenvalue weighted by atomic mass is 10.1. The van der Waals surface area contributed by atoms with Crippen LogP contribution in [0.2, 0.25) is 0 Å². The molecule has 0 atom stereocenters. The van der Waals surface area contributed by atoms with Crippen LogP contribution < -0.4 is 5.32 Å². The maximum absolute atomic E-state index is 5.97. The quantitative estimate of drug-likeness (QED) is 0.806. The van der Waals surface area contributed by atoms with E-state index in [-0.39, 0.29) is 0 Å². The minimum Gasteiger partial charge on any atom is -0.312 e. The molecule has 1 heterocycles. The molecule has 1 aliphatic rings. The summed E-state index contributed by atoms with van der Waals surface area (Å²) in [5, 5.41) is 7.21. The summed E-state index contributed by atoms with van der Waals surface area (Å²) in [5.74, 6) is 0.796. The van der Waals surface area contributed by atoms with Crippen LogP contribution in [0.15, 0.2) is 29.6 Å². The zero-order valence-corrected chi connectivity index (χ0v) is 11.3. The summed E-state index contributed by atoms with van der Waals surface area (Å²) in [6.07, 6.45) is 2.57. The van der Waals surface area contributed by atoms with E-state index in [0.717, 1.165) is 19.0 Å². The number of alkyl halides is 1. The van der Waals surface area contributed by atoms with Crippen LogP contribution in [-0.2, 0) is 6.54 Å². The van der Waals surface area contributed by atoms with Crippen LogP contribution >= 0.6 is 22.9 Å². The van der Waals surface area contributed by atoms with E-state index in [4.69, 9.17) is 11.6 Å². The van der Waals surface area contributed by atoms with Gasteiger partial charge in [0.2, 0.25) is 0 Å². The van der Waals surface area contributed by atoms with E-state index in [1.807, 2.05) is 11.3 Å². The lowest BCUT2D eigenvalue weighted by Crippen LogP contribution is -2.24. The van der Waals surface area contributed by atoms with Crippen LogP contribution in [-0.4, -0.2) is 12.4 Å². The largest absolute Gasteiger partial charge is 0.312 e. The second kappa shape index (κ2) is 4.60. The fourth-order valence-electron chi connectivity index (χ4n) is 2.17. The standard InChI is InChI=1S/C14H16ClNS/c15-9-14(5-6-14)10-16-7-11-8-17-13-4-2-1-3-12(11)13/h1-4,8,16H,5-7,9-10H2. The molecular formula is C14H16ClNS. The molecule has 1 N–H and O–H groups in total. The van der Waals surface area contributed by atoms with Crippen LogP contribution in [0, 0.1) is 5.41 Å². The second-order valence-electron chi connectivity index (χ2n) is 4.99. The van der Waals surface area contributed by atoms with Crippen molar-refractivity contribution in [1.82, 2.24) is 5.32 Å². The Balaban J connectivity index is 1.65. The van der Waals surface area contributed by atoms with Crippen molar-refractivity contribution in [2.75, 3.05) is 12.4 Å². The van der Waals surface area contributed by atoms with E-state index in [1.165, 1.54) is 28.5 Å². The van der Waals surface area contributed by atoms with Crippen LogP contribution in [0.5, 0.6) is 0 Å². The third kappa shape index (κ3) is 2.35. The van der Waals surface area contributed by atoms with E-state index < -0.39 is 0 Å². The maximum Gasteiger partial charge on any atom is 0.0346 e. The fraction of sp³-hybridized carbons (Fsp3) is 0.429. The lowest BCUT2D eigenvalue weighted by Gasteiger charge is -2.11.